The van der Waals surface area contributed by atoms with Gasteiger partial charge >= 0.3 is 0 Å². The molecular formula is C20H27N2O3+. The maximum absolute atomic E-state index is 10.4. The van der Waals surface area contributed by atoms with E-state index in [0.717, 1.165) is 49.7 Å². The topological polar surface area (TPSA) is 46.4 Å². The SMILES string of the molecule is CCOc1cccc(C[NH+]2CCN(c3ccccc3OC)CC2)c1O. The zero-order chi connectivity index (χ0) is 17.6. The van der Waals surface area contributed by atoms with Crippen LogP contribution in [-0.2, 0) is 6.54 Å². The molecule has 5 heteroatoms. The first-order valence-electron chi connectivity index (χ1n) is 8.88. The lowest BCUT2D eigenvalue weighted by atomic mass is 10.1. The summed E-state index contributed by atoms with van der Waals surface area (Å²) in [6, 6.07) is 13.9. The van der Waals surface area contributed by atoms with Gasteiger partial charge in [-0.25, -0.2) is 0 Å². The molecule has 0 unspecified atom stereocenters. The summed E-state index contributed by atoms with van der Waals surface area (Å²) in [6.45, 7) is 7.29. The van der Waals surface area contributed by atoms with Gasteiger partial charge in [0.15, 0.2) is 11.5 Å². The number of methoxy groups -OCH3 is 1. The summed E-state index contributed by atoms with van der Waals surface area (Å²) in [4.78, 5) is 3.84. The number of rotatable bonds is 6. The number of nitrogens with one attached hydrogen (secondary N) is 1. The third-order valence-corrected chi connectivity index (χ3v) is 4.72. The van der Waals surface area contributed by atoms with E-state index in [-0.39, 0.29) is 5.75 Å². The number of ether oxygens (including phenoxy) is 2. The van der Waals surface area contributed by atoms with Gasteiger partial charge in [0.05, 0.1) is 51.1 Å². The second-order valence-corrected chi connectivity index (χ2v) is 6.28. The monoisotopic (exact) mass is 343 g/mol. The van der Waals surface area contributed by atoms with Crippen molar-refractivity contribution in [3.63, 3.8) is 0 Å². The molecule has 0 spiro atoms. The Hall–Kier alpha value is -2.40. The minimum Gasteiger partial charge on any atom is -0.504 e. The predicted molar refractivity (Wildman–Crippen MR) is 98.9 cm³/mol. The van der Waals surface area contributed by atoms with E-state index in [1.165, 1.54) is 4.90 Å². The van der Waals surface area contributed by atoms with E-state index in [4.69, 9.17) is 9.47 Å². The van der Waals surface area contributed by atoms with Crippen LogP contribution in [0.5, 0.6) is 17.2 Å². The average Bonchev–Trinajstić information content (AvgIpc) is 2.66. The van der Waals surface area contributed by atoms with E-state index >= 15 is 0 Å². The van der Waals surface area contributed by atoms with Gasteiger partial charge in [0, 0.05) is 0 Å². The van der Waals surface area contributed by atoms with Gasteiger partial charge in [-0.05, 0) is 31.2 Å². The summed E-state index contributed by atoms with van der Waals surface area (Å²) < 4.78 is 11.0. The van der Waals surface area contributed by atoms with Crippen molar-refractivity contribution in [2.75, 3.05) is 44.8 Å². The summed E-state index contributed by atoms with van der Waals surface area (Å²) >= 11 is 0. The van der Waals surface area contributed by atoms with E-state index in [1.807, 2.05) is 43.3 Å². The first-order valence-corrected chi connectivity index (χ1v) is 8.88. The molecule has 0 aromatic heterocycles. The molecule has 0 atom stereocenters. The average molecular weight is 343 g/mol. The van der Waals surface area contributed by atoms with Crippen LogP contribution in [0.4, 0.5) is 5.69 Å². The molecule has 0 saturated carbocycles. The van der Waals surface area contributed by atoms with Gasteiger partial charge in [0.25, 0.3) is 0 Å². The third kappa shape index (κ3) is 3.99. The van der Waals surface area contributed by atoms with Crippen molar-refractivity contribution in [2.24, 2.45) is 0 Å². The van der Waals surface area contributed by atoms with E-state index in [9.17, 15) is 5.11 Å². The lowest BCUT2D eigenvalue weighted by molar-refractivity contribution is -0.914. The number of piperazine rings is 1. The van der Waals surface area contributed by atoms with Crippen LogP contribution in [-0.4, -0.2) is 45.0 Å². The summed E-state index contributed by atoms with van der Waals surface area (Å²) in [5.41, 5.74) is 2.11. The first-order chi connectivity index (χ1) is 12.2. The van der Waals surface area contributed by atoms with Crippen LogP contribution in [0.2, 0.25) is 0 Å². The molecule has 5 nitrogen and oxygen atoms in total. The van der Waals surface area contributed by atoms with Crippen LogP contribution >= 0.6 is 0 Å². The number of benzene rings is 2. The van der Waals surface area contributed by atoms with Gasteiger partial charge in [-0.2, -0.15) is 0 Å². The number of aromatic hydroxyl groups is 1. The molecule has 2 N–H and O–H groups in total. The molecule has 2 aromatic rings. The van der Waals surface area contributed by atoms with Gasteiger partial charge in [-0.1, -0.05) is 18.2 Å². The molecule has 3 rings (SSSR count). The van der Waals surface area contributed by atoms with Crippen molar-refractivity contribution in [3.8, 4) is 17.2 Å². The van der Waals surface area contributed by atoms with Crippen LogP contribution < -0.4 is 19.3 Å². The Morgan fingerprint density at radius 1 is 1.04 bits per heavy atom. The number of quaternary nitrogens is 1. The van der Waals surface area contributed by atoms with Crippen LogP contribution in [0.3, 0.4) is 0 Å². The summed E-state index contributed by atoms with van der Waals surface area (Å²) in [6.07, 6.45) is 0. The van der Waals surface area contributed by atoms with Crippen molar-refractivity contribution in [3.05, 3.63) is 48.0 Å². The summed E-state index contributed by atoms with van der Waals surface area (Å²) in [5, 5.41) is 10.4. The van der Waals surface area contributed by atoms with E-state index < -0.39 is 0 Å². The van der Waals surface area contributed by atoms with Gasteiger partial charge in [-0.3, -0.25) is 0 Å². The Kier molecular flexibility index (Phi) is 5.66. The predicted octanol–water partition coefficient (Wildman–Crippen LogP) is 1.70. The highest BCUT2D eigenvalue weighted by Gasteiger charge is 2.23. The smallest absolute Gasteiger partial charge is 0.166 e. The molecule has 1 fully saturated rings. The van der Waals surface area contributed by atoms with E-state index in [2.05, 4.69) is 11.0 Å². The Morgan fingerprint density at radius 3 is 2.48 bits per heavy atom. The Balaban J connectivity index is 1.62. The quantitative estimate of drug-likeness (QED) is 0.838. The Morgan fingerprint density at radius 2 is 1.76 bits per heavy atom. The standard InChI is InChI=1S/C20H26N2O3/c1-3-25-19-10-6-7-16(20(19)23)15-21-11-13-22(14-12-21)17-8-4-5-9-18(17)24-2/h4-10,23H,3,11-15H2,1-2H3/p+1. The molecule has 134 valence electrons. The van der Waals surface area contributed by atoms with Crippen molar-refractivity contribution < 1.29 is 19.5 Å². The maximum atomic E-state index is 10.4. The fourth-order valence-electron chi connectivity index (χ4n) is 3.38. The molecule has 0 radical (unpaired) electrons. The summed E-state index contributed by atoms with van der Waals surface area (Å²) in [5.74, 6) is 1.78. The minimum absolute atomic E-state index is 0.281. The zero-order valence-electron chi connectivity index (χ0n) is 15.0. The molecule has 1 heterocycles. The van der Waals surface area contributed by atoms with Crippen molar-refractivity contribution in [1.29, 1.82) is 0 Å². The van der Waals surface area contributed by atoms with Crippen molar-refractivity contribution in [2.45, 2.75) is 13.5 Å². The number of para-hydroxylation sites is 3. The molecule has 2 aromatic carbocycles. The molecule has 1 aliphatic rings. The number of hydrogen-bond acceptors (Lipinski definition) is 4. The lowest BCUT2D eigenvalue weighted by Crippen LogP contribution is -3.13. The fraction of sp³-hybridized carbons (Fsp3) is 0.400. The largest absolute Gasteiger partial charge is 0.504 e. The normalized spacial score (nSPS) is 15.2. The lowest BCUT2D eigenvalue weighted by Gasteiger charge is -2.34. The molecule has 25 heavy (non-hydrogen) atoms. The van der Waals surface area contributed by atoms with Gasteiger partial charge < -0.3 is 24.4 Å². The van der Waals surface area contributed by atoms with E-state index in [1.54, 1.807) is 7.11 Å². The van der Waals surface area contributed by atoms with Crippen molar-refractivity contribution >= 4 is 5.69 Å². The molecular weight excluding hydrogens is 316 g/mol. The Bertz CT molecular complexity index is 697. The number of phenolic OH excluding ortho intramolecular Hbond substituents is 1. The molecule has 1 aliphatic heterocycles. The highest BCUT2D eigenvalue weighted by molar-refractivity contribution is 5.58. The highest BCUT2D eigenvalue weighted by atomic mass is 16.5. The maximum Gasteiger partial charge on any atom is 0.166 e. The number of nitrogens with zero attached hydrogens (tertiary/aromatic N) is 1. The van der Waals surface area contributed by atoms with Crippen LogP contribution in [0.1, 0.15) is 12.5 Å². The molecule has 0 aliphatic carbocycles. The van der Waals surface area contributed by atoms with E-state index in [0.29, 0.717) is 12.4 Å². The van der Waals surface area contributed by atoms with Gasteiger partial charge in [-0.15, -0.1) is 0 Å². The molecule has 0 bridgehead atoms. The van der Waals surface area contributed by atoms with Crippen LogP contribution in [0.25, 0.3) is 0 Å². The highest BCUT2D eigenvalue weighted by Crippen LogP contribution is 2.30. The fourth-order valence-corrected chi connectivity index (χ4v) is 3.38. The van der Waals surface area contributed by atoms with Crippen LogP contribution in [0.15, 0.2) is 42.5 Å². The Labute approximate surface area is 149 Å². The van der Waals surface area contributed by atoms with Crippen molar-refractivity contribution in [1.82, 2.24) is 0 Å². The number of hydrogen-bond donors (Lipinski definition) is 2. The molecule has 0 amide bonds. The third-order valence-electron chi connectivity index (χ3n) is 4.72. The first kappa shape index (κ1) is 17.4. The zero-order valence-corrected chi connectivity index (χ0v) is 15.0. The van der Waals surface area contributed by atoms with Gasteiger partial charge in [0.2, 0.25) is 0 Å². The number of anilines is 1. The second kappa shape index (κ2) is 8.12. The molecule has 1 saturated heterocycles. The van der Waals surface area contributed by atoms with Gasteiger partial charge in [0.1, 0.15) is 12.3 Å². The summed E-state index contributed by atoms with van der Waals surface area (Å²) in [7, 11) is 1.72. The minimum atomic E-state index is 0.281. The number of phenols is 1. The second-order valence-electron chi connectivity index (χ2n) is 6.28. The van der Waals surface area contributed by atoms with Crippen LogP contribution in [0, 0.1) is 0 Å².